The molecule has 0 spiro atoms. The fourth-order valence-corrected chi connectivity index (χ4v) is 2.32. The van der Waals surface area contributed by atoms with Crippen molar-refractivity contribution >= 4 is 23.2 Å². The molecule has 0 fully saturated rings. The van der Waals surface area contributed by atoms with Crippen molar-refractivity contribution in [2.45, 2.75) is 6.42 Å². The molecule has 0 aliphatic heterocycles. The van der Waals surface area contributed by atoms with E-state index < -0.39 is 0 Å². The summed E-state index contributed by atoms with van der Waals surface area (Å²) in [6.07, 6.45) is 5.79. The lowest BCUT2D eigenvalue weighted by molar-refractivity contribution is 0.581. The largest absolute Gasteiger partial charge is 0.464 e. The second-order valence-corrected chi connectivity index (χ2v) is 4.93. The Labute approximate surface area is 120 Å². The van der Waals surface area contributed by atoms with Crippen LogP contribution in [0.2, 0.25) is 10.0 Å². The van der Waals surface area contributed by atoms with Crippen molar-refractivity contribution in [3.63, 3.8) is 0 Å². The van der Waals surface area contributed by atoms with Crippen molar-refractivity contribution in [2.75, 3.05) is 0 Å². The Morgan fingerprint density at radius 1 is 1.21 bits per heavy atom. The van der Waals surface area contributed by atoms with Gasteiger partial charge in [-0.05, 0) is 29.8 Å². The Hall–Kier alpha value is -1.71. The van der Waals surface area contributed by atoms with Gasteiger partial charge in [0.1, 0.15) is 11.6 Å². The van der Waals surface area contributed by atoms with E-state index in [1.165, 1.54) is 0 Å². The van der Waals surface area contributed by atoms with Crippen LogP contribution in [-0.4, -0.2) is 9.97 Å². The average Bonchev–Trinajstić information content (AvgIpc) is 3.06. The molecule has 0 aliphatic carbocycles. The van der Waals surface area contributed by atoms with E-state index in [4.69, 9.17) is 27.6 Å². The number of hydrogen-bond acceptors (Lipinski definition) is 2. The number of nitrogens with zero attached hydrogens (tertiary/aromatic N) is 1. The van der Waals surface area contributed by atoms with Gasteiger partial charge >= 0.3 is 0 Å². The third kappa shape index (κ3) is 2.53. The number of furan rings is 1. The van der Waals surface area contributed by atoms with Crippen LogP contribution in [0.3, 0.4) is 0 Å². The predicted octanol–water partition coefficient (Wildman–Crippen LogP) is 4.57. The zero-order chi connectivity index (χ0) is 13.2. The minimum absolute atomic E-state index is 0.510. The number of aromatic amines is 1. The minimum Gasteiger partial charge on any atom is -0.464 e. The highest BCUT2D eigenvalue weighted by Gasteiger charge is 2.13. The van der Waals surface area contributed by atoms with Gasteiger partial charge in [0, 0.05) is 24.4 Å². The number of aromatic nitrogens is 2. The molecule has 0 atom stereocenters. The lowest BCUT2D eigenvalue weighted by atomic mass is 10.0. The zero-order valence-electron chi connectivity index (χ0n) is 9.86. The normalized spacial score (nSPS) is 10.8. The molecule has 3 rings (SSSR count). The molecule has 0 aliphatic rings. The highest BCUT2D eigenvalue weighted by molar-refractivity contribution is 6.42. The van der Waals surface area contributed by atoms with E-state index in [-0.39, 0.29) is 0 Å². The fraction of sp³-hybridized carbons (Fsp3) is 0.0714. The van der Waals surface area contributed by atoms with Crippen LogP contribution in [0.1, 0.15) is 11.4 Å². The van der Waals surface area contributed by atoms with E-state index in [1.54, 1.807) is 18.7 Å². The monoisotopic (exact) mass is 292 g/mol. The number of nitrogens with one attached hydrogen (secondary N) is 1. The van der Waals surface area contributed by atoms with Crippen LogP contribution >= 0.6 is 23.2 Å². The molecule has 0 saturated heterocycles. The summed E-state index contributed by atoms with van der Waals surface area (Å²) in [6, 6.07) is 7.41. The Morgan fingerprint density at radius 3 is 2.74 bits per heavy atom. The lowest BCUT2D eigenvalue weighted by Crippen LogP contribution is -1.94. The van der Waals surface area contributed by atoms with Gasteiger partial charge in [-0.1, -0.05) is 23.2 Å². The number of rotatable bonds is 3. The first-order valence-corrected chi connectivity index (χ1v) is 6.49. The zero-order valence-corrected chi connectivity index (χ0v) is 11.4. The van der Waals surface area contributed by atoms with Crippen LogP contribution in [0.15, 0.2) is 47.3 Å². The van der Waals surface area contributed by atoms with Gasteiger partial charge in [-0.15, -0.1) is 0 Å². The summed E-state index contributed by atoms with van der Waals surface area (Å²) in [6.45, 7) is 0. The molecule has 5 heteroatoms. The molecule has 19 heavy (non-hydrogen) atoms. The quantitative estimate of drug-likeness (QED) is 0.768. The standard InChI is InChI=1S/C14H10Cl2N2O/c15-11-6-9(7-14-17-3-4-18-14)10(8-12(11)16)13-2-1-5-19-13/h1-6,8H,7H2,(H,17,18). The van der Waals surface area contributed by atoms with E-state index in [2.05, 4.69) is 9.97 Å². The highest BCUT2D eigenvalue weighted by Crippen LogP contribution is 2.33. The van der Waals surface area contributed by atoms with Gasteiger partial charge in [0.25, 0.3) is 0 Å². The van der Waals surface area contributed by atoms with Gasteiger partial charge in [-0.25, -0.2) is 4.98 Å². The van der Waals surface area contributed by atoms with E-state index in [0.29, 0.717) is 16.5 Å². The molecule has 0 unspecified atom stereocenters. The van der Waals surface area contributed by atoms with Crippen LogP contribution in [0, 0.1) is 0 Å². The van der Waals surface area contributed by atoms with Crippen molar-refractivity contribution in [1.82, 2.24) is 9.97 Å². The van der Waals surface area contributed by atoms with E-state index in [1.807, 2.05) is 24.3 Å². The van der Waals surface area contributed by atoms with E-state index >= 15 is 0 Å². The molecule has 0 bridgehead atoms. The summed E-state index contributed by atoms with van der Waals surface area (Å²) in [4.78, 5) is 7.30. The summed E-state index contributed by atoms with van der Waals surface area (Å²) in [5.41, 5.74) is 1.94. The summed E-state index contributed by atoms with van der Waals surface area (Å²) in [5, 5.41) is 1.04. The van der Waals surface area contributed by atoms with Gasteiger partial charge < -0.3 is 9.40 Å². The minimum atomic E-state index is 0.510. The number of halogens is 2. The summed E-state index contributed by atoms with van der Waals surface area (Å²) >= 11 is 12.2. The molecule has 1 N–H and O–H groups in total. The summed E-state index contributed by atoms with van der Waals surface area (Å²) < 4.78 is 5.44. The maximum absolute atomic E-state index is 6.09. The topological polar surface area (TPSA) is 41.8 Å². The molecular weight excluding hydrogens is 283 g/mol. The van der Waals surface area contributed by atoms with Crippen LogP contribution in [0.25, 0.3) is 11.3 Å². The highest BCUT2D eigenvalue weighted by atomic mass is 35.5. The predicted molar refractivity (Wildman–Crippen MR) is 75.6 cm³/mol. The molecule has 2 aromatic heterocycles. The number of H-pyrrole nitrogens is 1. The van der Waals surface area contributed by atoms with Crippen LogP contribution < -0.4 is 0 Å². The Balaban J connectivity index is 2.08. The smallest absolute Gasteiger partial charge is 0.134 e. The van der Waals surface area contributed by atoms with Gasteiger partial charge in [-0.2, -0.15) is 0 Å². The second kappa shape index (κ2) is 5.11. The first-order valence-electron chi connectivity index (χ1n) is 5.74. The maximum Gasteiger partial charge on any atom is 0.134 e. The first-order chi connectivity index (χ1) is 9.24. The number of benzene rings is 1. The molecule has 0 radical (unpaired) electrons. The summed E-state index contributed by atoms with van der Waals surface area (Å²) in [5.74, 6) is 1.63. The Morgan fingerprint density at radius 2 is 2.05 bits per heavy atom. The molecule has 0 saturated carbocycles. The summed E-state index contributed by atoms with van der Waals surface area (Å²) in [7, 11) is 0. The van der Waals surface area contributed by atoms with Crippen molar-refractivity contribution in [3.8, 4) is 11.3 Å². The van der Waals surface area contributed by atoms with Crippen molar-refractivity contribution in [1.29, 1.82) is 0 Å². The van der Waals surface area contributed by atoms with Gasteiger partial charge in [0.15, 0.2) is 0 Å². The SMILES string of the molecule is Clc1cc(Cc2ncc[nH]2)c(-c2ccco2)cc1Cl. The van der Waals surface area contributed by atoms with Crippen molar-refractivity contribution in [2.24, 2.45) is 0 Å². The van der Waals surface area contributed by atoms with Gasteiger partial charge in [-0.3, -0.25) is 0 Å². The van der Waals surface area contributed by atoms with Crippen molar-refractivity contribution < 1.29 is 4.42 Å². The molecule has 0 amide bonds. The first kappa shape index (κ1) is 12.3. The molecular formula is C14H10Cl2N2O. The third-order valence-electron chi connectivity index (χ3n) is 2.85. The molecule has 3 nitrogen and oxygen atoms in total. The second-order valence-electron chi connectivity index (χ2n) is 4.11. The van der Waals surface area contributed by atoms with Crippen molar-refractivity contribution in [3.05, 3.63) is 64.4 Å². The molecule has 1 aromatic carbocycles. The van der Waals surface area contributed by atoms with E-state index in [9.17, 15) is 0 Å². The van der Waals surface area contributed by atoms with Crippen LogP contribution in [0.5, 0.6) is 0 Å². The third-order valence-corrected chi connectivity index (χ3v) is 3.57. The van der Waals surface area contributed by atoms with E-state index in [0.717, 1.165) is 22.7 Å². The van der Waals surface area contributed by atoms with Gasteiger partial charge in [0.05, 0.1) is 16.3 Å². The number of imidazole rings is 1. The fourth-order valence-electron chi connectivity index (χ4n) is 1.97. The van der Waals surface area contributed by atoms with Gasteiger partial charge in [0.2, 0.25) is 0 Å². The Kier molecular flexibility index (Phi) is 3.32. The maximum atomic E-state index is 6.09. The number of hydrogen-bond donors (Lipinski definition) is 1. The average molecular weight is 293 g/mol. The molecule has 3 aromatic rings. The molecule has 96 valence electrons. The van der Waals surface area contributed by atoms with Crippen LogP contribution in [0.4, 0.5) is 0 Å². The Bertz CT molecular complexity index is 676. The lowest BCUT2D eigenvalue weighted by Gasteiger charge is -2.08. The molecule has 2 heterocycles. The van der Waals surface area contributed by atoms with Crippen LogP contribution in [-0.2, 0) is 6.42 Å².